The van der Waals surface area contributed by atoms with Gasteiger partial charge in [-0.15, -0.1) is 0 Å². The maximum Gasteiger partial charge on any atom is 0.310 e. The van der Waals surface area contributed by atoms with Crippen molar-refractivity contribution >= 4 is 21.9 Å². The highest BCUT2D eigenvalue weighted by Gasteiger charge is 2.18. The first-order chi connectivity index (χ1) is 8.49. The van der Waals surface area contributed by atoms with Crippen molar-refractivity contribution in [1.82, 2.24) is 4.98 Å². The van der Waals surface area contributed by atoms with Gasteiger partial charge >= 0.3 is 5.97 Å². The SMILES string of the molecule is CCOC(=O)Cc1cc(CN)c(C(F)F)nc1Br. The molecule has 0 aliphatic heterocycles. The van der Waals surface area contributed by atoms with Crippen molar-refractivity contribution in [3.8, 4) is 0 Å². The molecule has 4 nitrogen and oxygen atoms in total. The summed E-state index contributed by atoms with van der Waals surface area (Å²) in [5.41, 5.74) is 5.74. The molecule has 0 bridgehead atoms. The van der Waals surface area contributed by atoms with Crippen molar-refractivity contribution in [2.24, 2.45) is 5.73 Å². The highest BCUT2D eigenvalue weighted by Crippen LogP contribution is 2.26. The summed E-state index contributed by atoms with van der Waals surface area (Å²) in [7, 11) is 0. The third-order valence-electron chi connectivity index (χ3n) is 2.23. The second kappa shape index (κ2) is 6.75. The number of aromatic nitrogens is 1. The van der Waals surface area contributed by atoms with Gasteiger partial charge in [0, 0.05) is 6.54 Å². The van der Waals surface area contributed by atoms with Gasteiger partial charge in [0.2, 0.25) is 0 Å². The molecular formula is C11H13BrF2N2O2. The predicted octanol–water partition coefficient (Wildman–Crippen LogP) is 2.35. The van der Waals surface area contributed by atoms with Crippen LogP contribution in [0.5, 0.6) is 0 Å². The second-order valence-electron chi connectivity index (χ2n) is 3.47. The minimum absolute atomic E-state index is 0.0298. The van der Waals surface area contributed by atoms with Crippen molar-refractivity contribution in [2.75, 3.05) is 6.61 Å². The van der Waals surface area contributed by atoms with Gasteiger partial charge in [0.05, 0.1) is 13.0 Å². The summed E-state index contributed by atoms with van der Waals surface area (Å²) >= 11 is 3.07. The van der Waals surface area contributed by atoms with Crippen LogP contribution in [0.15, 0.2) is 10.7 Å². The Morgan fingerprint density at radius 1 is 1.56 bits per heavy atom. The van der Waals surface area contributed by atoms with Crippen LogP contribution in [0.3, 0.4) is 0 Å². The lowest BCUT2D eigenvalue weighted by molar-refractivity contribution is -0.142. The lowest BCUT2D eigenvalue weighted by atomic mass is 10.1. The number of nitrogens with two attached hydrogens (primary N) is 1. The number of esters is 1. The molecule has 2 N–H and O–H groups in total. The average Bonchev–Trinajstić information content (AvgIpc) is 2.31. The molecule has 1 aromatic rings. The molecule has 7 heteroatoms. The van der Waals surface area contributed by atoms with E-state index in [0.717, 1.165) is 0 Å². The van der Waals surface area contributed by atoms with Gasteiger partial charge in [-0.1, -0.05) is 0 Å². The van der Waals surface area contributed by atoms with Crippen molar-refractivity contribution in [1.29, 1.82) is 0 Å². The number of alkyl halides is 2. The van der Waals surface area contributed by atoms with Crippen LogP contribution in [-0.2, 0) is 22.5 Å². The van der Waals surface area contributed by atoms with Crippen molar-refractivity contribution < 1.29 is 18.3 Å². The third-order valence-corrected chi connectivity index (χ3v) is 2.91. The number of pyridine rings is 1. The Kier molecular flexibility index (Phi) is 5.61. The van der Waals surface area contributed by atoms with E-state index in [1.165, 1.54) is 6.07 Å². The molecule has 0 aliphatic rings. The van der Waals surface area contributed by atoms with Gasteiger partial charge in [0.15, 0.2) is 0 Å². The molecule has 0 aliphatic carbocycles. The zero-order valence-electron chi connectivity index (χ0n) is 9.75. The summed E-state index contributed by atoms with van der Waals surface area (Å²) in [4.78, 5) is 15.1. The summed E-state index contributed by atoms with van der Waals surface area (Å²) in [6.07, 6.45) is -2.73. The number of rotatable bonds is 5. The van der Waals surface area contributed by atoms with Gasteiger partial charge in [0.1, 0.15) is 10.3 Å². The average molecular weight is 323 g/mol. The summed E-state index contributed by atoms with van der Waals surface area (Å²) < 4.78 is 30.4. The Balaban J connectivity index is 3.04. The van der Waals surface area contributed by atoms with Gasteiger partial charge in [-0.3, -0.25) is 4.79 Å². The van der Waals surface area contributed by atoms with Crippen LogP contribution in [0, 0.1) is 0 Å². The molecule has 0 fully saturated rings. The van der Waals surface area contributed by atoms with E-state index in [0.29, 0.717) is 5.56 Å². The second-order valence-corrected chi connectivity index (χ2v) is 4.22. The lowest BCUT2D eigenvalue weighted by Gasteiger charge is -2.10. The Hall–Kier alpha value is -1.08. The van der Waals surface area contributed by atoms with Gasteiger partial charge in [-0.25, -0.2) is 13.8 Å². The fraction of sp³-hybridized carbons (Fsp3) is 0.455. The summed E-state index contributed by atoms with van der Waals surface area (Å²) in [6.45, 7) is 1.90. The number of carbonyl (C=O) groups excluding carboxylic acids is 1. The van der Waals surface area contributed by atoms with Crippen LogP contribution in [0.1, 0.15) is 30.2 Å². The largest absolute Gasteiger partial charge is 0.466 e. The number of nitrogens with zero attached hydrogens (tertiary/aromatic N) is 1. The first-order valence-corrected chi connectivity index (χ1v) is 6.10. The fourth-order valence-corrected chi connectivity index (χ4v) is 1.88. The minimum Gasteiger partial charge on any atom is -0.466 e. The van der Waals surface area contributed by atoms with Crippen LogP contribution in [0.4, 0.5) is 8.78 Å². The van der Waals surface area contributed by atoms with Gasteiger partial charge in [0.25, 0.3) is 6.43 Å². The van der Waals surface area contributed by atoms with Gasteiger partial charge in [-0.05, 0) is 40.0 Å². The van der Waals surface area contributed by atoms with Crippen molar-refractivity contribution in [3.05, 3.63) is 27.5 Å². The van der Waals surface area contributed by atoms with E-state index in [4.69, 9.17) is 10.5 Å². The molecule has 0 radical (unpaired) electrons. The number of carbonyl (C=O) groups is 1. The highest BCUT2D eigenvalue weighted by molar-refractivity contribution is 9.10. The zero-order valence-corrected chi connectivity index (χ0v) is 11.3. The zero-order chi connectivity index (χ0) is 13.7. The molecule has 100 valence electrons. The normalized spacial score (nSPS) is 10.8. The van der Waals surface area contributed by atoms with Crippen LogP contribution in [0.2, 0.25) is 0 Å². The molecule has 0 atom stereocenters. The molecule has 0 amide bonds. The van der Waals surface area contributed by atoms with E-state index < -0.39 is 12.4 Å². The number of halogens is 3. The lowest BCUT2D eigenvalue weighted by Crippen LogP contribution is -2.11. The highest BCUT2D eigenvalue weighted by atomic mass is 79.9. The Morgan fingerprint density at radius 3 is 2.72 bits per heavy atom. The van der Waals surface area contributed by atoms with E-state index >= 15 is 0 Å². The van der Waals surface area contributed by atoms with E-state index in [1.54, 1.807) is 6.92 Å². The summed E-state index contributed by atoms with van der Waals surface area (Å²) in [5, 5.41) is 0. The van der Waals surface area contributed by atoms with Gasteiger partial charge < -0.3 is 10.5 Å². The van der Waals surface area contributed by atoms with E-state index in [-0.39, 0.29) is 35.4 Å². The number of hydrogen-bond donors (Lipinski definition) is 1. The predicted molar refractivity (Wildman–Crippen MR) is 65.1 cm³/mol. The fourth-order valence-electron chi connectivity index (χ4n) is 1.44. The number of hydrogen-bond acceptors (Lipinski definition) is 4. The number of ether oxygens (including phenoxy) is 1. The van der Waals surface area contributed by atoms with Crippen LogP contribution >= 0.6 is 15.9 Å². The first kappa shape index (κ1) is 15.0. The van der Waals surface area contributed by atoms with E-state index in [1.807, 2.05) is 0 Å². The van der Waals surface area contributed by atoms with Crippen molar-refractivity contribution in [3.63, 3.8) is 0 Å². The van der Waals surface area contributed by atoms with Crippen LogP contribution in [0.25, 0.3) is 0 Å². The quantitative estimate of drug-likeness (QED) is 0.667. The van der Waals surface area contributed by atoms with Crippen LogP contribution in [-0.4, -0.2) is 17.6 Å². The molecular weight excluding hydrogens is 310 g/mol. The molecule has 0 spiro atoms. The molecule has 1 aromatic heterocycles. The molecule has 0 unspecified atom stereocenters. The first-order valence-electron chi connectivity index (χ1n) is 5.31. The van der Waals surface area contributed by atoms with Crippen molar-refractivity contribution in [2.45, 2.75) is 26.3 Å². The van der Waals surface area contributed by atoms with E-state index in [9.17, 15) is 13.6 Å². The standard InChI is InChI=1S/C11H13BrF2N2O2/c1-2-18-8(17)4-6-3-7(5-15)9(11(13)14)16-10(6)12/h3,11H,2,4-5,15H2,1H3. The maximum atomic E-state index is 12.7. The summed E-state index contributed by atoms with van der Waals surface area (Å²) in [6, 6.07) is 1.45. The van der Waals surface area contributed by atoms with Crippen LogP contribution < -0.4 is 5.73 Å². The Labute approximate surface area is 112 Å². The molecule has 18 heavy (non-hydrogen) atoms. The minimum atomic E-state index is -2.70. The molecule has 1 heterocycles. The molecule has 0 aromatic carbocycles. The van der Waals surface area contributed by atoms with Gasteiger partial charge in [-0.2, -0.15) is 0 Å². The Bertz CT molecular complexity index is 441. The maximum absolute atomic E-state index is 12.7. The molecule has 0 saturated carbocycles. The summed E-state index contributed by atoms with van der Waals surface area (Å²) in [5.74, 6) is -0.437. The molecule has 1 rings (SSSR count). The monoisotopic (exact) mass is 322 g/mol. The third kappa shape index (κ3) is 3.71. The van der Waals surface area contributed by atoms with E-state index in [2.05, 4.69) is 20.9 Å². The molecule has 0 saturated heterocycles. The smallest absolute Gasteiger partial charge is 0.310 e. The Morgan fingerprint density at radius 2 is 2.22 bits per heavy atom. The topological polar surface area (TPSA) is 65.2 Å².